The van der Waals surface area contributed by atoms with Crippen molar-refractivity contribution in [2.24, 2.45) is 0 Å². The molecule has 0 N–H and O–H groups in total. The summed E-state index contributed by atoms with van der Waals surface area (Å²) in [5.41, 5.74) is 1.77. The number of nitrogens with zero attached hydrogens (tertiary/aromatic N) is 3. The highest BCUT2D eigenvalue weighted by Crippen LogP contribution is 2.33. The van der Waals surface area contributed by atoms with E-state index in [0.717, 1.165) is 5.56 Å². The smallest absolute Gasteiger partial charge is 0.243 e. The van der Waals surface area contributed by atoms with Gasteiger partial charge in [-0.25, -0.2) is 8.42 Å². The van der Waals surface area contributed by atoms with Gasteiger partial charge in [0.1, 0.15) is 0 Å². The van der Waals surface area contributed by atoms with Crippen LogP contribution in [0.5, 0.6) is 0 Å². The zero-order valence-electron chi connectivity index (χ0n) is 14.7. The number of benzene rings is 2. The Morgan fingerprint density at radius 3 is 2.67 bits per heavy atom. The normalized spacial score (nSPS) is 15.6. The third-order valence-corrected chi connectivity index (χ3v) is 6.86. The maximum absolute atomic E-state index is 12.8. The molecule has 0 atom stereocenters. The van der Waals surface area contributed by atoms with E-state index in [-0.39, 0.29) is 10.8 Å². The summed E-state index contributed by atoms with van der Waals surface area (Å²) in [6.45, 7) is 2.40. The van der Waals surface area contributed by atoms with Gasteiger partial charge >= 0.3 is 0 Å². The monoisotopic (exact) mass is 403 g/mol. The first-order valence-corrected chi connectivity index (χ1v) is 10.4. The van der Waals surface area contributed by atoms with E-state index in [1.54, 1.807) is 19.1 Å². The van der Waals surface area contributed by atoms with E-state index < -0.39 is 10.0 Å². The van der Waals surface area contributed by atoms with Gasteiger partial charge in [-0.3, -0.25) is 0 Å². The lowest BCUT2D eigenvalue weighted by atomic mass is 10.0. The van der Waals surface area contributed by atoms with Crippen molar-refractivity contribution < 1.29 is 12.9 Å². The number of aryl methyl sites for hydroxylation is 1. The average molecular weight is 404 g/mol. The molecular weight excluding hydrogens is 386 g/mol. The Morgan fingerprint density at radius 2 is 1.93 bits per heavy atom. The quantitative estimate of drug-likeness (QED) is 0.652. The minimum absolute atomic E-state index is 0.0868. The number of hydrogen-bond acceptors (Lipinski definition) is 5. The summed E-state index contributed by atoms with van der Waals surface area (Å²) in [6, 6.07) is 14.8. The second-order valence-corrected chi connectivity index (χ2v) is 8.98. The Morgan fingerprint density at radius 1 is 1.19 bits per heavy atom. The molecule has 2 aromatic carbocycles. The van der Waals surface area contributed by atoms with Crippen molar-refractivity contribution >= 4 is 21.6 Å². The molecule has 27 heavy (non-hydrogen) atoms. The molecule has 1 aromatic heterocycles. The van der Waals surface area contributed by atoms with E-state index in [2.05, 4.69) is 10.1 Å². The summed E-state index contributed by atoms with van der Waals surface area (Å²) in [4.78, 5) is 4.67. The summed E-state index contributed by atoms with van der Waals surface area (Å²) in [6.07, 6.45) is 0.584. The maximum Gasteiger partial charge on any atom is 0.243 e. The van der Waals surface area contributed by atoms with E-state index >= 15 is 0 Å². The lowest BCUT2D eigenvalue weighted by Gasteiger charge is -2.36. The van der Waals surface area contributed by atoms with Gasteiger partial charge in [-0.05, 0) is 30.2 Å². The third kappa shape index (κ3) is 3.63. The SMILES string of the molecule is Cc1ccc(Cl)cc1S(=O)(=O)N1CC(c2nc(Cc3ccccc3)no2)C1. The molecular formula is C19H18ClN3O3S. The molecule has 0 spiro atoms. The van der Waals surface area contributed by atoms with Crippen LogP contribution in [0.2, 0.25) is 5.02 Å². The average Bonchev–Trinajstić information content (AvgIpc) is 3.04. The first-order valence-electron chi connectivity index (χ1n) is 8.56. The minimum atomic E-state index is -3.58. The van der Waals surface area contributed by atoms with E-state index in [1.807, 2.05) is 30.3 Å². The predicted molar refractivity (Wildman–Crippen MR) is 101 cm³/mol. The number of halogens is 1. The lowest BCUT2D eigenvalue weighted by molar-refractivity contribution is 0.216. The van der Waals surface area contributed by atoms with Crippen LogP contribution < -0.4 is 0 Å². The van der Waals surface area contributed by atoms with Gasteiger partial charge in [0.05, 0.1) is 10.8 Å². The van der Waals surface area contributed by atoms with Crippen molar-refractivity contribution in [3.05, 3.63) is 76.4 Å². The molecule has 1 aliphatic rings. The molecule has 0 amide bonds. The first kappa shape index (κ1) is 18.2. The van der Waals surface area contributed by atoms with Crippen LogP contribution in [0.1, 0.15) is 28.8 Å². The Labute approximate surface area is 162 Å². The second-order valence-electron chi connectivity index (χ2n) is 6.64. The van der Waals surface area contributed by atoms with Crippen molar-refractivity contribution in [3.63, 3.8) is 0 Å². The van der Waals surface area contributed by atoms with Crippen molar-refractivity contribution in [1.82, 2.24) is 14.4 Å². The van der Waals surface area contributed by atoms with E-state index in [9.17, 15) is 8.42 Å². The zero-order valence-corrected chi connectivity index (χ0v) is 16.2. The largest absolute Gasteiger partial charge is 0.339 e. The third-order valence-electron chi connectivity index (χ3n) is 4.65. The molecule has 0 radical (unpaired) electrons. The molecule has 6 nitrogen and oxygen atoms in total. The van der Waals surface area contributed by atoms with Crippen LogP contribution in [-0.4, -0.2) is 36.0 Å². The molecule has 140 valence electrons. The minimum Gasteiger partial charge on any atom is -0.339 e. The Balaban J connectivity index is 1.44. The van der Waals surface area contributed by atoms with Gasteiger partial charge in [0, 0.05) is 24.5 Å². The Kier molecular flexibility index (Phi) is 4.75. The summed E-state index contributed by atoms with van der Waals surface area (Å²) < 4.78 is 32.4. The van der Waals surface area contributed by atoms with Crippen molar-refractivity contribution in [1.29, 1.82) is 0 Å². The molecule has 0 aliphatic carbocycles. The second kappa shape index (κ2) is 7.07. The van der Waals surface area contributed by atoms with E-state index in [4.69, 9.17) is 16.1 Å². The van der Waals surface area contributed by atoms with E-state index in [0.29, 0.717) is 41.8 Å². The van der Waals surface area contributed by atoms with Crippen molar-refractivity contribution in [2.45, 2.75) is 24.2 Å². The molecule has 2 heterocycles. The molecule has 3 aromatic rings. The van der Waals surface area contributed by atoms with Gasteiger partial charge in [0.25, 0.3) is 0 Å². The molecule has 8 heteroatoms. The van der Waals surface area contributed by atoms with Gasteiger partial charge in [-0.15, -0.1) is 0 Å². The van der Waals surface area contributed by atoms with Crippen LogP contribution in [0.15, 0.2) is 57.9 Å². The molecule has 1 fully saturated rings. The summed E-state index contributed by atoms with van der Waals surface area (Å²) in [5, 5.41) is 4.42. The molecule has 0 bridgehead atoms. The lowest BCUT2D eigenvalue weighted by Crippen LogP contribution is -2.48. The number of aromatic nitrogens is 2. The van der Waals surface area contributed by atoms with Crippen LogP contribution in [0, 0.1) is 6.92 Å². The fourth-order valence-corrected chi connectivity index (χ4v) is 5.08. The van der Waals surface area contributed by atoms with Crippen LogP contribution in [-0.2, 0) is 16.4 Å². The molecule has 1 aliphatic heterocycles. The highest BCUT2D eigenvalue weighted by atomic mass is 35.5. The highest BCUT2D eigenvalue weighted by molar-refractivity contribution is 7.89. The topological polar surface area (TPSA) is 76.3 Å². The number of rotatable bonds is 5. The zero-order chi connectivity index (χ0) is 19.0. The van der Waals surface area contributed by atoms with E-state index in [1.165, 1.54) is 10.4 Å². The van der Waals surface area contributed by atoms with Gasteiger partial charge in [0.15, 0.2) is 5.82 Å². The van der Waals surface area contributed by atoms with Crippen LogP contribution >= 0.6 is 11.6 Å². The van der Waals surface area contributed by atoms with Crippen molar-refractivity contribution in [3.8, 4) is 0 Å². The summed E-state index contributed by atoms with van der Waals surface area (Å²) >= 11 is 5.97. The Bertz CT molecular complexity index is 1060. The fourth-order valence-electron chi connectivity index (χ4n) is 3.07. The molecule has 1 saturated heterocycles. The van der Waals surface area contributed by atoms with Crippen LogP contribution in [0.3, 0.4) is 0 Å². The van der Waals surface area contributed by atoms with Gasteiger partial charge in [0.2, 0.25) is 15.9 Å². The molecule has 0 unspecified atom stereocenters. The van der Waals surface area contributed by atoms with Crippen LogP contribution in [0.4, 0.5) is 0 Å². The molecule has 0 saturated carbocycles. The highest BCUT2D eigenvalue weighted by Gasteiger charge is 2.40. The first-order chi connectivity index (χ1) is 12.9. The predicted octanol–water partition coefficient (Wildman–Crippen LogP) is 3.41. The maximum atomic E-state index is 12.8. The fraction of sp³-hybridized carbons (Fsp3) is 0.263. The number of hydrogen-bond donors (Lipinski definition) is 0. The van der Waals surface area contributed by atoms with Gasteiger partial charge in [-0.2, -0.15) is 9.29 Å². The van der Waals surface area contributed by atoms with Crippen LogP contribution in [0.25, 0.3) is 0 Å². The Hall–Kier alpha value is -2.22. The van der Waals surface area contributed by atoms with Crippen molar-refractivity contribution in [2.75, 3.05) is 13.1 Å². The summed E-state index contributed by atoms with van der Waals surface area (Å²) in [5.74, 6) is 0.995. The molecule has 4 rings (SSSR count). The van der Waals surface area contributed by atoms with Gasteiger partial charge < -0.3 is 4.52 Å². The standard InChI is InChI=1S/C19H18ClN3O3S/c1-13-7-8-16(20)10-17(13)27(24,25)23-11-15(12-23)19-21-18(22-26-19)9-14-5-3-2-4-6-14/h2-8,10,15H,9,11-12H2,1H3. The number of sulfonamides is 1. The summed E-state index contributed by atoms with van der Waals surface area (Å²) in [7, 11) is -3.58. The van der Waals surface area contributed by atoms with Gasteiger partial charge in [-0.1, -0.05) is 53.2 Å².